The normalized spacial score (nSPS) is 25.6. The van der Waals surface area contributed by atoms with Crippen molar-refractivity contribution >= 4 is 10.0 Å². The quantitative estimate of drug-likeness (QED) is 0.667. The van der Waals surface area contributed by atoms with E-state index in [-0.39, 0.29) is 4.90 Å². The van der Waals surface area contributed by atoms with Gasteiger partial charge in [0, 0.05) is 19.2 Å². The lowest BCUT2D eigenvalue weighted by Crippen LogP contribution is -2.42. The number of fused-ring (bicyclic) bond motifs is 1. The smallest absolute Gasteiger partial charge is 0.241 e. The number of hydrogen-bond acceptors (Lipinski definition) is 6. The highest BCUT2D eigenvalue weighted by Crippen LogP contribution is 2.32. The minimum atomic E-state index is -3.70. The third kappa shape index (κ3) is 2.59. The molecule has 3 N–H and O–H groups in total. The maximum Gasteiger partial charge on any atom is 0.241 e. The number of aliphatic hydroxyl groups is 1. The molecule has 0 unspecified atom stereocenters. The molecule has 0 aromatic heterocycles. The highest BCUT2D eigenvalue weighted by Gasteiger charge is 2.30. The molecule has 20 heavy (non-hydrogen) atoms. The summed E-state index contributed by atoms with van der Waals surface area (Å²) in [5, 5.41) is 12.6. The van der Waals surface area contributed by atoms with Gasteiger partial charge in [-0.15, -0.1) is 0 Å². The Morgan fingerprint density at radius 3 is 2.65 bits per heavy atom. The first-order valence-corrected chi connectivity index (χ1v) is 7.85. The Kier molecular flexibility index (Phi) is 3.55. The van der Waals surface area contributed by atoms with E-state index in [0.29, 0.717) is 37.8 Å². The van der Waals surface area contributed by atoms with Crippen LogP contribution in [0.5, 0.6) is 11.5 Å². The molecule has 0 aliphatic carbocycles. The van der Waals surface area contributed by atoms with Gasteiger partial charge >= 0.3 is 0 Å². The number of sulfonamides is 1. The van der Waals surface area contributed by atoms with Crippen LogP contribution in [0.1, 0.15) is 0 Å². The van der Waals surface area contributed by atoms with Gasteiger partial charge in [0.1, 0.15) is 13.2 Å². The standard InChI is InChI=1S/C12H16N2O5S/c15-10-7-13-6-9(10)14-20(16,17)8-1-2-11-12(5-8)19-4-3-18-11/h1-2,5,9-10,13-15H,3-4,6-7H2/t9-,10-/m1/s1. The molecule has 7 nitrogen and oxygen atoms in total. The van der Waals surface area contributed by atoms with Crippen molar-refractivity contribution in [1.29, 1.82) is 0 Å². The fourth-order valence-corrected chi connectivity index (χ4v) is 3.53. The van der Waals surface area contributed by atoms with Gasteiger partial charge < -0.3 is 19.9 Å². The maximum absolute atomic E-state index is 12.3. The van der Waals surface area contributed by atoms with Gasteiger partial charge in [-0.1, -0.05) is 0 Å². The van der Waals surface area contributed by atoms with Gasteiger partial charge in [0.15, 0.2) is 11.5 Å². The third-order valence-electron chi connectivity index (χ3n) is 3.31. The minimum Gasteiger partial charge on any atom is -0.486 e. The Morgan fingerprint density at radius 1 is 1.20 bits per heavy atom. The first-order chi connectivity index (χ1) is 9.56. The second kappa shape index (κ2) is 5.21. The molecule has 0 spiro atoms. The summed E-state index contributed by atoms with van der Waals surface area (Å²) in [7, 11) is -3.70. The fraction of sp³-hybridized carbons (Fsp3) is 0.500. The lowest BCUT2D eigenvalue weighted by atomic mass is 10.2. The van der Waals surface area contributed by atoms with E-state index in [2.05, 4.69) is 10.0 Å². The van der Waals surface area contributed by atoms with Gasteiger partial charge in [-0.25, -0.2) is 13.1 Å². The van der Waals surface area contributed by atoms with Crippen molar-refractivity contribution in [2.24, 2.45) is 0 Å². The summed E-state index contributed by atoms with van der Waals surface area (Å²) in [4.78, 5) is 0.0980. The van der Waals surface area contributed by atoms with Gasteiger partial charge in [-0.2, -0.15) is 0 Å². The second-order valence-corrected chi connectivity index (χ2v) is 6.47. The third-order valence-corrected chi connectivity index (χ3v) is 4.80. The van der Waals surface area contributed by atoms with Crippen LogP contribution in [0, 0.1) is 0 Å². The van der Waals surface area contributed by atoms with Crippen LogP contribution < -0.4 is 19.5 Å². The monoisotopic (exact) mass is 300 g/mol. The molecule has 0 bridgehead atoms. The molecule has 0 radical (unpaired) electrons. The highest BCUT2D eigenvalue weighted by atomic mass is 32.2. The summed E-state index contributed by atoms with van der Waals surface area (Å²) in [6.45, 7) is 1.64. The number of hydrogen-bond donors (Lipinski definition) is 3. The Morgan fingerprint density at radius 2 is 1.95 bits per heavy atom. The number of aliphatic hydroxyl groups excluding tert-OH is 1. The molecular weight excluding hydrogens is 284 g/mol. The van der Waals surface area contributed by atoms with Crippen LogP contribution in [-0.4, -0.2) is 52.0 Å². The zero-order chi connectivity index (χ0) is 14.2. The first kappa shape index (κ1) is 13.6. The largest absolute Gasteiger partial charge is 0.486 e. The summed E-state index contributed by atoms with van der Waals surface area (Å²) in [5.41, 5.74) is 0. The van der Waals surface area contributed by atoms with Crippen LogP contribution in [0.4, 0.5) is 0 Å². The van der Waals surface area contributed by atoms with Gasteiger partial charge in [-0.3, -0.25) is 0 Å². The summed E-state index contributed by atoms with van der Waals surface area (Å²) in [6.07, 6.45) is -0.720. The fourth-order valence-electron chi connectivity index (χ4n) is 2.24. The number of benzene rings is 1. The van der Waals surface area contributed by atoms with Crippen molar-refractivity contribution in [1.82, 2.24) is 10.0 Å². The van der Waals surface area contributed by atoms with E-state index in [4.69, 9.17) is 9.47 Å². The lowest BCUT2D eigenvalue weighted by Gasteiger charge is -2.20. The number of β-amino-alcohol motifs (C(OH)–C–C–N with tert-alkyl or cyclic N) is 1. The molecule has 3 rings (SSSR count). The molecule has 2 atom stereocenters. The van der Waals surface area contributed by atoms with Crippen LogP contribution in [0.2, 0.25) is 0 Å². The van der Waals surface area contributed by atoms with E-state index in [0.717, 1.165) is 0 Å². The molecule has 1 aromatic carbocycles. The van der Waals surface area contributed by atoms with Crippen molar-refractivity contribution in [2.45, 2.75) is 17.0 Å². The average molecular weight is 300 g/mol. The van der Waals surface area contributed by atoms with Crippen LogP contribution in [0.25, 0.3) is 0 Å². The Hall–Kier alpha value is -1.35. The van der Waals surface area contributed by atoms with Crippen molar-refractivity contribution < 1.29 is 23.0 Å². The molecule has 1 aromatic rings. The van der Waals surface area contributed by atoms with Gasteiger partial charge in [0.05, 0.1) is 17.0 Å². The molecule has 2 aliphatic heterocycles. The van der Waals surface area contributed by atoms with E-state index in [1.54, 1.807) is 6.07 Å². The average Bonchev–Trinajstić information content (AvgIpc) is 2.83. The zero-order valence-corrected chi connectivity index (χ0v) is 11.5. The lowest BCUT2D eigenvalue weighted by molar-refractivity contribution is 0.170. The van der Waals surface area contributed by atoms with Gasteiger partial charge in [-0.05, 0) is 12.1 Å². The Bertz CT molecular complexity index is 604. The minimum absolute atomic E-state index is 0.0980. The molecule has 1 saturated heterocycles. The molecule has 0 amide bonds. The summed E-state index contributed by atoms with van der Waals surface area (Å²) in [6, 6.07) is 3.95. The molecule has 2 aliphatic rings. The van der Waals surface area contributed by atoms with Crippen LogP contribution in [0.15, 0.2) is 23.1 Å². The van der Waals surface area contributed by atoms with E-state index >= 15 is 0 Å². The van der Waals surface area contributed by atoms with Gasteiger partial charge in [0.2, 0.25) is 10.0 Å². The Balaban J connectivity index is 1.83. The van der Waals surface area contributed by atoms with Crippen molar-refractivity contribution in [2.75, 3.05) is 26.3 Å². The number of nitrogens with one attached hydrogen (secondary N) is 2. The molecule has 110 valence electrons. The molecule has 8 heteroatoms. The molecular formula is C12H16N2O5S. The van der Waals surface area contributed by atoms with Crippen LogP contribution >= 0.6 is 0 Å². The van der Waals surface area contributed by atoms with E-state index in [1.165, 1.54) is 12.1 Å². The zero-order valence-electron chi connectivity index (χ0n) is 10.7. The van der Waals surface area contributed by atoms with Crippen molar-refractivity contribution in [3.05, 3.63) is 18.2 Å². The first-order valence-electron chi connectivity index (χ1n) is 6.37. The van der Waals surface area contributed by atoms with Gasteiger partial charge in [0.25, 0.3) is 0 Å². The van der Waals surface area contributed by atoms with Crippen LogP contribution in [-0.2, 0) is 10.0 Å². The molecule has 2 heterocycles. The maximum atomic E-state index is 12.3. The summed E-state index contributed by atoms with van der Waals surface area (Å²) in [5.74, 6) is 0.960. The van der Waals surface area contributed by atoms with E-state index < -0.39 is 22.2 Å². The number of rotatable bonds is 3. The predicted octanol–water partition coefficient (Wildman–Crippen LogP) is -0.931. The molecule has 1 fully saturated rings. The Labute approximate surface area is 116 Å². The SMILES string of the molecule is O=S(=O)(N[C@@H]1CNC[C@H]1O)c1ccc2c(c1)OCCO2. The molecule has 0 saturated carbocycles. The predicted molar refractivity (Wildman–Crippen MR) is 70.4 cm³/mol. The topological polar surface area (TPSA) is 96.9 Å². The summed E-state index contributed by atoms with van der Waals surface area (Å²) >= 11 is 0. The van der Waals surface area contributed by atoms with Crippen LogP contribution in [0.3, 0.4) is 0 Å². The second-order valence-electron chi connectivity index (χ2n) is 4.76. The summed E-state index contributed by atoms with van der Waals surface area (Å²) < 4.78 is 37.8. The number of ether oxygens (including phenoxy) is 2. The van der Waals surface area contributed by atoms with E-state index in [1.807, 2.05) is 0 Å². The highest BCUT2D eigenvalue weighted by molar-refractivity contribution is 7.89. The van der Waals surface area contributed by atoms with Crippen molar-refractivity contribution in [3.8, 4) is 11.5 Å². The van der Waals surface area contributed by atoms with Crippen molar-refractivity contribution in [3.63, 3.8) is 0 Å². The van der Waals surface area contributed by atoms with E-state index in [9.17, 15) is 13.5 Å².